The highest BCUT2D eigenvalue weighted by Gasteiger charge is 2.48. The van der Waals surface area contributed by atoms with E-state index in [2.05, 4.69) is 11.8 Å². The van der Waals surface area contributed by atoms with Crippen LogP contribution in [0, 0.1) is 0 Å². The number of fused-ring (bicyclic) bond motifs is 1. The van der Waals surface area contributed by atoms with Gasteiger partial charge in [-0.15, -0.1) is 0 Å². The lowest BCUT2D eigenvalue weighted by Gasteiger charge is -2.43. The molecule has 0 aromatic carbocycles. The van der Waals surface area contributed by atoms with Gasteiger partial charge in [-0.2, -0.15) is 0 Å². The summed E-state index contributed by atoms with van der Waals surface area (Å²) in [6.07, 6.45) is 0.584. The molecule has 2 rings (SSSR count). The first kappa shape index (κ1) is 16.5. The fourth-order valence-electron chi connectivity index (χ4n) is 3.14. The highest BCUT2D eigenvalue weighted by Crippen LogP contribution is 2.28. The zero-order valence-electron chi connectivity index (χ0n) is 13.3. The van der Waals surface area contributed by atoms with Gasteiger partial charge in [-0.25, -0.2) is 13.2 Å². The molecule has 7 heteroatoms. The third-order valence-corrected chi connectivity index (χ3v) is 5.63. The number of amides is 1. The van der Waals surface area contributed by atoms with Gasteiger partial charge < -0.3 is 9.64 Å². The zero-order valence-corrected chi connectivity index (χ0v) is 14.1. The maximum absolute atomic E-state index is 12.3. The number of carbonyl (C=O) groups excluding carboxylic acids is 1. The molecule has 21 heavy (non-hydrogen) atoms. The van der Waals surface area contributed by atoms with E-state index < -0.39 is 21.5 Å². The standard InChI is InChI=1S/C14H26N2O4S/c1-5-6-15-7-8-16(13(17)20-14(2,3)4)12-10-21(18,19)9-11(12)15/h11-12H,5-10H2,1-4H3/t11-,12+/m1/s1. The summed E-state index contributed by atoms with van der Waals surface area (Å²) in [5.74, 6) is 0.202. The van der Waals surface area contributed by atoms with Gasteiger partial charge in [-0.05, 0) is 33.7 Å². The van der Waals surface area contributed by atoms with Crippen LogP contribution in [-0.2, 0) is 14.6 Å². The van der Waals surface area contributed by atoms with Crippen LogP contribution in [0.4, 0.5) is 4.79 Å². The van der Waals surface area contributed by atoms with E-state index in [0.29, 0.717) is 13.1 Å². The molecule has 0 N–H and O–H groups in total. The molecule has 2 aliphatic heterocycles. The highest BCUT2D eigenvalue weighted by molar-refractivity contribution is 7.91. The maximum Gasteiger partial charge on any atom is 0.410 e. The summed E-state index contributed by atoms with van der Waals surface area (Å²) in [5.41, 5.74) is -0.565. The third kappa shape index (κ3) is 3.88. The summed E-state index contributed by atoms with van der Waals surface area (Å²) >= 11 is 0. The largest absolute Gasteiger partial charge is 0.444 e. The number of hydrogen-bond acceptors (Lipinski definition) is 5. The first-order valence-corrected chi connectivity index (χ1v) is 9.39. The molecule has 0 spiro atoms. The number of nitrogens with zero attached hydrogens (tertiary/aromatic N) is 2. The molecule has 2 fully saturated rings. The molecule has 6 nitrogen and oxygen atoms in total. The van der Waals surface area contributed by atoms with Crippen LogP contribution in [-0.4, -0.2) is 73.1 Å². The lowest BCUT2D eigenvalue weighted by molar-refractivity contribution is -0.00886. The van der Waals surface area contributed by atoms with Crippen molar-refractivity contribution in [2.45, 2.75) is 51.8 Å². The van der Waals surface area contributed by atoms with Crippen LogP contribution in [0.2, 0.25) is 0 Å². The predicted octanol–water partition coefficient (Wildman–Crippen LogP) is 1.11. The van der Waals surface area contributed by atoms with E-state index in [1.807, 2.05) is 20.8 Å². The van der Waals surface area contributed by atoms with E-state index in [1.54, 1.807) is 4.90 Å². The van der Waals surface area contributed by atoms with Gasteiger partial charge in [0, 0.05) is 19.1 Å². The zero-order chi connectivity index (χ0) is 15.8. The number of ether oxygens (including phenoxy) is 1. The molecule has 2 aliphatic rings. The van der Waals surface area contributed by atoms with Gasteiger partial charge in [0.25, 0.3) is 0 Å². The first-order chi connectivity index (χ1) is 9.63. The van der Waals surface area contributed by atoms with Gasteiger partial charge in [0.1, 0.15) is 5.60 Å². The summed E-state index contributed by atoms with van der Waals surface area (Å²) in [7, 11) is -3.08. The molecular weight excluding hydrogens is 292 g/mol. The predicted molar refractivity (Wildman–Crippen MR) is 81.0 cm³/mol. The van der Waals surface area contributed by atoms with Crippen molar-refractivity contribution in [2.75, 3.05) is 31.1 Å². The Labute approximate surface area is 127 Å². The maximum atomic E-state index is 12.3. The average Bonchev–Trinajstić information content (AvgIpc) is 2.62. The Hall–Kier alpha value is -0.820. The molecule has 0 radical (unpaired) electrons. The fraction of sp³-hybridized carbons (Fsp3) is 0.929. The lowest BCUT2D eigenvalue weighted by atomic mass is 10.1. The van der Waals surface area contributed by atoms with Crippen molar-refractivity contribution in [3.8, 4) is 0 Å². The molecule has 0 unspecified atom stereocenters. The minimum atomic E-state index is -3.08. The summed E-state index contributed by atoms with van der Waals surface area (Å²) in [5, 5.41) is 0. The van der Waals surface area contributed by atoms with Crippen LogP contribution in [0.3, 0.4) is 0 Å². The van der Waals surface area contributed by atoms with Crippen molar-refractivity contribution in [3.05, 3.63) is 0 Å². The Morgan fingerprint density at radius 3 is 2.38 bits per heavy atom. The molecule has 1 amide bonds. The van der Waals surface area contributed by atoms with E-state index in [4.69, 9.17) is 4.74 Å². The van der Waals surface area contributed by atoms with Crippen LogP contribution in [0.1, 0.15) is 34.1 Å². The molecule has 122 valence electrons. The number of piperazine rings is 1. The number of rotatable bonds is 2. The van der Waals surface area contributed by atoms with Gasteiger partial charge in [-0.3, -0.25) is 4.90 Å². The minimum Gasteiger partial charge on any atom is -0.444 e. The Balaban J connectivity index is 2.17. The molecule has 0 bridgehead atoms. The molecule has 2 atom stereocenters. The van der Waals surface area contributed by atoms with E-state index in [-0.39, 0.29) is 23.6 Å². The molecule has 0 aliphatic carbocycles. The molecule has 0 saturated carbocycles. The smallest absolute Gasteiger partial charge is 0.410 e. The molecule has 2 saturated heterocycles. The van der Waals surface area contributed by atoms with Gasteiger partial charge in [-0.1, -0.05) is 6.92 Å². The minimum absolute atomic E-state index is 0.0527. The van der Waals surface area contributed by atoms with Gasteiger partial charge in [0.05, 0.1) is 17.5 Å². The molecular formula is C14H26N2O4S. The molecule has 2 heterocycles. The monoisotopic (exact) mass is 318 g/mol. The summed E-state index contributed by atoms with van der Waals surface area (Å²) < 4.78 is 29.4. The Morgan fingerprint density at radius 2 is 1.81 bits per heavy atom. The topological polar surface area (TPSA) is 66.9 Å². The van der Waals surface area contributed by atoms with Gasteiger partial charge in [0.15, 0.2) is 9.84 Å². The summed E-state index contributed by atoms with van der Waals surface area (Å²) in [6, 6.07) is -0.360. The Morgan fingerprint density at radius 1 is 1.19 bits per heavy atom. The van der Waals surface area contributed by atoms with Crippen molar-refractivity contribution in [2.24, 2.45) is 0 Å². The first-order valence-electron chi connectivity index (χ1n) is 7.57. The number of hydrogen-bond donors (Lipinski definition) is 0. The van der Waals surface area contributed by atoms with E-state index >= 15 is 0 Å². The van der Waals surface area contributed by atoms with Crippen LogP contribution in [0.15, 0.2) is 0 Å². The Bertz CT molecular complexity index is 498. The second-order valence-corrected chi connectivity index (χ2v) is 9.08. The van der Waals surface area contributed by atoms with Crippen molar-refractivity contribution < 1.29 is 17.9 Å². The average molecular weight is 318 g/mol. The third-order valence-electron chi connectivity index (χ3n) is 3.93. The lowest BCUT2D eigenvalue weighted by Crippen LogP contribution is -2.61. The van der Waals surface area contributed by atoms with Crippen LogP contribution >= 0.6 is 0 Å². The summed E-state index contributed by atoms with van der Waals surface area (Å²) in [6.45, 7) is 9.66. The normalized spacial score (nSPS) is 29.2. The second-order valence-electron chi connectivity index (χ2n) is 6.92. The molecule has 0 aromatic heterocycles. The Kier molecular flexibility index (Phi) is 4.54. The van der Waals surface area contributed by atoms with E-state index in [9.17, 15) is 13.2 Å². The van der Waals surface area contributed by atoms with E-state index in [0.717, 1.165) is 13.0 Å². The van der Waals surface area contributed by atoms with Crippen molar-refractivity contribution in [3.63, 3.8) is 0 Å². The van der Waals surface area contributed by atoms with Gasteiger partial charge >= 0.3 is 6.09 Å². The van der Waals surface area contributed by atoms with Crippen molar-refractivity contribution in [1.82, 2.24) is 9.80 Å². The second kappa shape index (κ2) is 5.76. The van der Waals surface area contributed by atoms with Gasteiger partial charge in [0.2, 0.25) is 0 Å². The SMILES string of the molecule is CCCN1CCN(C(=O)OC(C)(C)C)[C@H]2CS(=O)(=O)C[C@H]21. The molecule has 0 aromatic rings. The van der Waals surface area contributed by atoms with Crippen LogP contribution in [0.25, 0.3) is 0 Å². The van der Waals surface area contributed by atoms with E-state index in [1.165, 1.54) is 0 Å². The quantitative estimate of drug-likeness (QED) is 0.763. The summed E-state index contributed by atoms with van der Waals surface area (Å²) in [4.78, 5) is 16.1. The van der Waals surface area contributed by atoms with Crippen LogP contribution in [0.5, 0.6) is 0 Å². The number of carbonyl (C=O) groups is 1. The fourth-order valence-corrected chi connectivity index (χ4v) is 5.15. The van der Waals surface area contributed by atoms with Crippen LogP contribution < -0.4 is 0 Å². The van der Waals surface area contributed by atoms with Crippen molar-refractivity contribution in [1.29, 1.82) is 0 Å². The van der Waals surface area contributed by atoms with Crippen molar-refractivity contribution >= 4 is 15.9 Å². The number of sulfone groups is 1. The highest BCUT2D eigenvalue weighted by atomic mass is 32.2.